The van der Waals surface area contributed by atoms with E-state index in [2.05, 4.69) is 40.5 Å². The van der Waals surface area contributed by atoms with Gasteiger partial charge in [-0.15, -0.1) is 0 Å². The smallest absolute Gasteiger partial charge is 0.229 e. The molecule has 30 heavy (non-hydrogen) atoms. The molecular weight excluding hydrogens is 404 g/mol. The number of aromatic amines is 1. The van der Waals surface area contributed by atoms with E-state index < -0.39 is 0 Å². The Morgan fingerprint density at radius 1 is 1.23 bits per heavy atom. The van der Waals surface area contributed by atoms with Crippen LogP contribution in [0.3, 0.4) is 0 Å². The van der Waals surface area contributed by atoms with Crippen LogP contribution in [-0.2, 0) is 0 Å². The topological polar surface area (TPSA) is 109 Å². The van der Waals surface area contributed by atoms with E-state index in [0.29, 0.717) is 22.7 Å². The van der Waals surface area contributed by atoms with Crippen LogP contribution >= 0.6 is 11.6 Å². The Bertz CT molecular complexity index is 1160. The van der Waals surface area contributed by atoms with E-state index in [1.54, 1.807) is 18.5 Å². The van der Waals surface area contributed by atoms with Crippen LogP contribution in [0.5, 0.6) is 0 Å². The Morgan fingerprint density at radius 3 is 2.97 bits per heavy atom. The van der Waals surface area contributed by atoms with Crippen LogP contribution in [0.4, 0.5) is 17.6 Å². The second kappa shape index (κ2) is 7.75. The van der Waals surface area contributed by atoms with E-state index in [-0.39, 0.29) is 6.04 Å². The molecule has 0 bridgehead atoms. The predicted molar refractivity (Wildman–Crippen MR) is 113 cm³/mol. The van der Waals surface area contributed by atoms with Crippen molar-refractivity contribution in [3.63, 3.8) is 0 Å². The number of aryl methyl sites for hydroxylation is 1. The van der Waals surface area contributed by atoms with Gasteiger partial charge in [0.15, 0.2) is 11.6 Å². The third kappa shape index (κ3) is 3.71. The van der Waals surface area contributed by atoms with Gasteiger partial charge in [-0.3, -0.25) is 10.1 Å². The molecule has 4 aromatic heterocycles. The van der Waals surface area contributed by atoms with Crippen LogP contribution in [0.1, 0.15) is 30.3 Å². The molecule has 0 spiro atoms. The lowest BCUT2D eigenvalue weighted by Crippen LogP contribution is -2.24. The van der Waals surface area contributed by atoms with E-state index in [0.717, 1.165) is 42.1 Å². The van der Waals surface area contributed by atoms with Gasteiger partial charge in [-0.25, -0.2) is 4.98 Å². The zero-order valence-corrected chi connectivity index (χ0v) is 17.0. The zero-order chi connectivity index (χ0) is 20.5. The van der Waals surface area contributed by atoms with Crippen LogP contribution in [0.2, 0.25) is 5.15 Å². The summed E-state index contributed by atoms with van der Waals surface area (Å²) in [5.74, 6) is 2.56. The van der Waals surface area contributed by atoms with E-state index in [1.807, 2.05) is 31.2 Å². The number of pyridine rings is 1. The normalized spacial score (nSPS) is 16.2. The highest BCUT2D eigenvalue weighted by Gasteiger charge is 2.32. The van der Waals surface area contributed by atoms with Crippen molar-refractivity contribution < 1.29 is 4.52 Å². The van der Waals surface area contributed by atoms with Crippen molar-refractivity contribution >= 4 is 29.2 Å². The zero-order valence-electron chi connectivity index (χ0n) is 16.2. The number of halogens is 1. The number of aromatic nitrogens is 6. The summed E-state index contributed by atoms with van der Waals surface area (Å²) in [4.78, 5) is 15.3. The molecule has 0 unspecified atom stereocenters. The molecular formula is C20H19ClN8O. The fourth-order valence-electron chi connectivity index (χ4n) is 3.61. The quantitative estimate of drug-likeness (QED) is 0.458. The molecule has 2 N–H and O–H groups in total. The predicted octanol–water partition coefficient (Wildman–Crippen LogP) is 4.30. The maximum Gasteiger partial charge on any atom is 0.229 e. The number of rotatable bonds is 5. The van der Waals surface area contributed by atoms with Crippen molar-refractivity contribution in [1.82, 2.24) is 30.3 Å². The van der Waals surface area contributed by atoms with Gasteiger partial charge in [-0.2, -0.15) is 10.1 Å². The number of nitrogens with zero attached hydrogens (tertiary/aromatic N) is 6. The fraction of sp³-hybridized carbons (Fsp3) is 0.250. The highest BCUT2D eigenvalue weighted by Crippen LogP contribution is 2.37. The summed E-state index contributed by atoms with van der Waals surface area (Å²) >= 11 is 6.29. The molecule has 10 heteroatoms. The average molecular weight is 423 g/mol. The van der Waals surface area contributed by atoms with Crippen LogP contribution in [0.25, 0.3) is 11.3 Å². The maximum atomic E-state index is 6.29. The van der Waals surface area contributed by atoms with E-state index in [9.17, 15) is 0 Å². The molecule has 5 heterocycles. The summed E-state index contributed by atoms with van der Waals surface area (Å²) in [6.07, 6.45) is 5.40. The molecule has 9 nitrogen and oxygen atoms in total. The van der Waals surface area contributed by atoms with Crippen LogP contribution in [0, 0.1) is 6.92 Å². The molecule has 4 aromatic rings. The lowest BCUT2D eigenvalue weighted by Gasteiger charge is -2.23. The first-order chi connectivity index (χ1) is 14.7. The van der Waals surface area contributed by atoms with Gasteiger partial charge in [0, 0.05) is 48.4 Å². The first kappa shape index (κ1) is 18.6. The van der Waals surface area contributed by atoms with Gasteiger partial charge in [0.1, 0.15) is 16.7 Å². The molecule has 1 fully saturated rings. The molecule has 0 aromatic carbocycles. The van der Waals surface area contributed by atoms with Gasteiger partial charge in [-0.05, 0) is 31.9 Å². The van der Waals surface area contributed by atoms with Gasteiger partial charge < -0.3 is 14.7 Å². The Labute approximate surface area is 177 Å². The second-order valence-corrected chi connectivity index (χ2v) is 7.53. The largest absolute Gasteiger partial charge is 0.359 e. The second-order valence-electron chi connectivity index (χ2n) is 7.14. The molecule has 5 rings (SSSR count). The lowest BCUT2D eigenvalue weighted by atomic mass is 10.1. The van der Waals surface area contributed by atoms with Crippen molar-refractivity contribution in [2.24, 2.45) is 0 Å². The molecule has 1 saturated heterocycles. The van der Waals surface area contributed by atoms with Gasteiger partial charge >= 0.3 is 0 Å². The Morgan fingerprint density at radius 2 is 2.17 bits per heavy atom. The van der Waals surface area contributed by atoms with Crippen LogP contribution < -0.4 is 10.2 Å². The van der Waals surface area contributed by atoms with Crippen molar-refractivity contribution in [2.45, 2.75) is 25.8 Å². The van der Waals surface area contributed by atoms with Gasteiger partial charge in [0.05, 0.1) is 6.04 Å². The number of H-pyrrole nitrogens is 1. The molecule has 1 aliphatic heterocycles. The molecule has 1 atom stereocenters. The standard InChI is InChI=1S/C20H19ClN8O/c1-12-8-19(27-26-12)24-18-10-17(21)23-20(25-18)29-7-3-5-15(29)16-9-14(28-30-16)13-4-2-6-22-11-13/h2,4,6,8-11,15H,3,5,7H2,1H3,(H2,23,24,25,26,27)/t15-/m0/s1. The maximum absolute atomic E-state index is 6.29. The minimum Gasteiger partial charge on any atom is -0.359 e. The SMILES string of the molecule is Cc1cc(Nc2cc(Cl)nc(N3CCC[C@H]3c3cc(-c4cccnc4)no3)n2)n[nH]1. The highest BCUT2D eigenvalue weighted by molar-refractivity contribution is 6.29. The lowest BCUT2D eigenvalue weighted by molar-refractivity contribution is 0.362. The van der Waals surface area contributed by atoms with Gasteiger partial charge in [-0.1, -0.05) is 16.8 Å². The summed E-state index contributed by atoms with van der Waals surface area (Å²) in [6.45, 7) is 2.73. The van der Waals surface area contributed by atoms with E-state index >= 15 is 0 Å². The van der Waals surface area contributed by atoms with E-state index in [4.69, 9.17) is 16.1 Å². The van der Waals surface area contributed by atoms with Crippen molar-refractivity contribution in [1.29, 1.82) is 0 Å². The number of nitrogens with one attached hydrogen (secondary N) is 2. The average Bonchev–Trinajstić information content (AvgIpc) is 3.48. The summed E-state index contributed by atoms with van der Waals surface area (Å²) in [5, 5.41) is 14.8. The molecule has 152 valence electrons. The van der Waals surface area contributed by atoms with Crippen LogP contribution in [0.15, 0.2) is 47.2 Å². The van der Waals surface area contributed by atoms with E-state index in [1.165, 1.54) is 0 Å². The Kier molecular flexibility index (Phi) is 4.80. The summed E-state index contributed by atoms with van der Waals surface area (Å²) in [7, 11) is 0. The van der Waals surface area contributed by atoms with Gasteiger partial charge in [0.25, 0.3) is 0 Å². The monoisotopic (exact) mass is 422 g/mol. The molecule has 0 radical (unpaired) electrons. The Balaban J connectivity index is 1.42. The molecule has 0 amide bonds. The minimum absolute atomic E-state index is 0.0122. The summed E-state index contributed by atoms with van der Waals surface area (Å²) in [6, 6.07) is 9.34. The Hall–Kier alpha value is -3.46. The summed E-state index contributed by atoms with van der Waals surface area (Å²) < 4.78 is 5.68. The van der Waals surface area contributed by atoms with Crippen molar-refractivity contribution in [2.75, 3.05) is 16.8 Å². The first-order valence-electron chi connectivity index (χ1n) is 9.63. The van der Waals surface area contributed by atoms with Crippen molar-refractivity contribution in [3.8, 4) is 11.3 Å². The highest BCUT2D eigenvalue weighted by atomic mass is 35.5. The number of hydrogen-bond acceptors (Lipinski definition) is 8. The fourth-order valence-corrected chi connectivity index (χ4v) is 3.79. The number of anilines is 3. The van der Waals surface area contributed by atoms with Gasteiger partial charge in [0.2, 0.25) is 5.95 Å². The molecule has 0 aliphatic carbocycles. The minimum atomic E-state index is -0.0122. The molecule has 0 saturated carbocycles. The summed E-state index contributed by atoms with van der Waals surface area (Å²) in [5.41, 5.74) is 2.62. The number of hydrogen-bond donors (Lipinski definition) is 2. The third-order valence-corrected chi connectivity index (χ3v) is 5.16. The first-order valence-corrected chi connectivity index (χ1v) is 10.0. The third-order valence-electron chi connectivity index (χ3n) is 4.97. The van der Waals surface area contributed by atoms with Crippen LogP contribution in [-0.4, -0.2) is 36.9 Å². The van der Waals surface area contributed by atoms with Crippen molar-refractivity contribution in [3.05, 3.63) is 59.3 Å². The molecule has 1 aliphatic rings.